The van der Waals surface area contributed by atoms with Gasteiger partial charge in [-0.05, 0) is 60.4 Å². The standard InChI is InChI=1S/C41H49F2N5O6.C2HF3O2/c1-41(2,3)39(34-20-28(31-22-29(42)12-13-32(31)43)24-46(34)23-26-8-5-4-6-9-26)48(38(53)25-49)18-16-33(44)35(50)21-27-10-7-11-30(27)40(54)45-17-19-47-36(51)14-15-37(47)52;3-2(4,5)1(6)7/h4-6,8-9,12-15,20,22,24,27,30,33,39,49H,7,10-11,16-19,21,23,25,44H2,1-3H3,(H,45,54);(H,6,7)/t27-,30-,33+,39+;/m1./s1. The summed E-state index contributed by atoms with van der Waals surface area (Å²) in [6, 6.07) is 12.9. The molecule has 0 spiro atoms. The molecule has 0 unspecified atom stereocenters. The van der Waals surface area contributed by atoms with E-state index in [1.807, 2.05) is 55.7 Å². The summed E-state index contributed by atoms with van der Waals surface area (Å²) in [7, 11) is 0. The van der Waals surface area contributed by atoms with Crippen molar-refractivity contribution in [2.45, 2.75) is 77.7 Å². The number of carbonyl (C=O) groups excluding carboxylic acids is 5. The smallest absolute Gasteiger partial charge is 0.475 e. The first kappa shape index (κ1) is 47.9. The molecule has 13 nitrogen and oxygen atoms in total. The highest BCUT2D eigenvalue weighted by Crippen LogP contribution is 2.41. The van der Waals surface area contributed by atoms with Gasteiger partial charge in [0, 0.05) is 73.7 Å². The molecule has 3 aromatic rings. The number of alkyl halides is 3. The molecule has 61 heavy (non-hydrogen) atoms. The van der Waals surface area contributed by atoms with E-state index in [0.717, 1.165) is 35.1 Å². The monoisotopic (exact) mass is 859 g/mol. The number of carboxylic acid groups (broad SMARTS) is 1. The fraction of sp³-hybridized carbons (Fsp3) is 0.442. The molecule has 1 fully saturated rings. The molecule has 2 aromatic carbocycles. The normalized spacial score (nSPS) is 17.4. The number of hydrogen-bond donors (Lipinski definition) is 4. The van der Waals surface area contributed by atoms with E-state index in [0.29, 0.717) is 30.6 Å². The van der Waals surface area contributed by atoms with Crippen LogP contribution in [0.2, 0.25) is 0 Å². The number of Topliss-reactive ketones (excluding diaryl/α,β-unsaturated/α-hetero) is 1. The molecule has 1 aromatic heterocycles. The molecule has 1 aliphatic heterocycles. The van der Waals surface area contributed by atoms with Gasteiger partial charge in [0.25, 0.3) is 11.8 Å². The highest BCUT2D eigenvalue weighted by atomic mass is 19.4. The fourth-order valence-corrected chi connectivity index (χ4v) is 7.65. The van der Waals surface area contributed by atoms with Gasteiger partial charge in [0.2, 0.25) is 11.8 Å². The average molecular weight is 860 g/mol. The Morgan fingerprint density at radius 1 is 0.967 bits per heavy atom. The molecule has 1 aliphatic carbocycles. The highest BCUT2D eigenvalue weighted by Gasteiger charge is 2.40. The van der Waals surface area contributed by atoms with E-state index in [2.05, 4.69) is 5.32 Å². The van der Waals surface area contributed by atoms with Crippen LogP contribution in [0.25, 0.3) is 11.1 Å². The van der Waals surface area contributed by atoms with Gasteiger partial charge in [0.05, 0.1) is 12.1 Å². The minimum Gasteiger partial charge on any atom is -0.475 e. The Morgan fingerprint density at radius 3 is 2.20 bits per heavy atom. The highest BCUT2D eigenvalue weighted by molar-refractivity contribution is 6.12. The number of ketones is 1. The summed E-state index contributed by atoms with van der Waals surface area (Å²) in [5.74, 6) is -6.53. The average Bonchev–Trinajstić information content (AvgIpc) is 3.92. The largest absolute Gasteiger partial charge is 0.490 e. The molecule has 4 atom stereocenters. The van der Waals surface area contributed by atoms with Crippen LogP contribution < -0.4 is 11.1 Å². The van der Waals surface area contributed by atoms with Gasteiger partial charge >= 0.3 is 12.1 Å². The van der Waals surface area contributed by atoms with Crippen LogP contribution >= 0.6 is 0 Å². The Morgan fingerprint density at radius 2 is 1.61 bits per heavy atom. The van der Waals surface area contributed by atoms with E-state index in [-0.39, 0.29) is 55.6 Å². The zero-order valence-electron chi connectivity index (χ0n) is 34.0. The van der Waals surface area contributed by atoms with Gasteiger partial charge in [-0.2, -0.15) is 13.2 Å². The van der Waals surface area contributed by atoms with Gasteiger partial charge in [-0.3, -0.25) is 28.9 Å². The number of nitrogens with zero attached hydrogens (tertiary/aromatic N) is 3. The molecule has 0 saturated heterocycles. The van der Waals surface area contributed by atoms with Crippen molar-refractivity contribution in [3.05, 3.63) is 95.8 Å². The minimum absolute atomic E-state index is 0.0196. The van der Waals surface area contributed by atoms with E-state index < -0.39 is 71.5 Å². The van der Waals surface area contributed by atoms with E-state index in [4.69, 9.17) is 15.6 Å². The van der Waals surface area contributed by atoms with Crippen LogP contribution in [0, 0.1) is 28.9 Å². The minimum atomic E-state index is -5.08. The molecule has 5 N–H and O–H groups in total. The number of halogens is 5. The summed E-state index contributed by atoms with van der Waals surface area (Å²) < 4.78 is 63.0. The van der Waals surface area contributed by atoms with Gasteiger partial charge in [-0.1, -0.05) is 57.5 Å². The van der Waals surface area contributed by atoms with E-state index >= 15 is 4.39 Å². The number of carboxylic acids is 1. The maximum absolute atomic E-state index is 15.1. The van der Waals surface area contributed by atoms with Gasteiger partial charge < -0.3 is 30.7 Å². The Hall–Kier alpha value is -5.75. The Bertz CT molecular complexity index is 2080. The zero-order valence-corrected chi connectivity index (χ0v) is 34.0. The Balaban J connectivity index is 0.00000107. The lowest BCUT2D eigenvalue weighted by Crippen LogP contribution is -2.46. The number of aliphatic hydroxyl groups excluding tert-OH is 1. The van der Waals surface area contributed by atoms with E-state index in [1.54, 1.807) is 12.3 Å². The van der Waals surface area contributed by atoms with Crippen LogP contribution in [0.5, 0.6) is 0 Å². The van der Waals surface area contributed by atoms with Gasteiger partial charge in [0.1, 0.15) is 24.0 Å². The number of rotatable bonds is 16. The molecule has 0 bridgehead atoms. The van der Waals surface area contributed by atoms with Crippen LogP contribution in [0.1, 0.15) is 70.2 Å². The lowest BCUT2D eigenvalue weighted by Gasteiger charge is -2.41. The predicted molar refractivity (Wildman–Crippen MR) is 212 cm³/mol. The first-order chi connectivity index (χ1) is 28.6. The van der Waals surface area contributed by atoms with E-state index in [1.165, 1.54) is 17.1 Å². The van der Waals surface area contributed by atoms with Crippen molar-refractivity contribution >= 4 is 35.4 Å². The van der Waals surface area contributed by atoms with Crippen molar-refractivity contribution in [1.82, 2.24) is 19.7 Å². The number of hydrogen-bond acceptors (Lipinski definition) is 8. The van der Waals surface area contributed by atoms with Crippen LogP contribution in [-0.4, -0.2) is 98.4 Å². The topological polar surface area (TPSA) is 192 Å². The quantitative estimate of drug-likeness (QED) is 0.111. The lowest BCUT2D eigenvalue weighted by atomic mass is 9.82. The maximum Gasteiger partial charge on any atom is 0.490 e. The molecule has 2 aliphatic rings. The Kier molecular flexibility index (Phi) is 16.2. The van der Waals surface area contributed by atoms with Crippen LogP contribution in [0.4, 0.5) is 22.0 Å². The summed E-state index contributed by atoms with van der Waals surface area (Å²) >= 11 is 0. The molecule has 18 heteroatoms. The Labute approximate surface area is 349 Å². The number of benzene rings is 2. The van der Waals surface area contributed by atoms with Crippen LogP contribution in [-0.2, 0) is 35.3 Å². The maximum atomic E-state index is 15.1. The van der Waals surface area contributed by atoms with Gasteiger partial charge in [-0.15, -0.1) is 0 Å². The first-order valence-electron chi connectivity index (χ1n) is 19.6. The summed E-state index contributed by atoms with van der Waals surface area (Å²) in [6.45, 7) is 5.55. The zero-order chi connectivity index (χ0) is 45.2. The lowest BCUT2D eigenvalue weighted by molar-refractivity contribution is -0.192. The molecule has 4 amide bonds. The third kappa shape index (κ3) is 12.9. The summed E-state index contributed by atoms with van der Waals surface area (Å²) in [4.78, 5) is 75.2. The number of imide groups is 1. The van der Waals surface area contributed by atoms with Crippen molar-refractivity contribution in [2.24, 2.45) is 23.0 Å². The van der Waals surface area contributed by atoms with Crippen molar-refractivity contribution in [3.8, 4) is 11.1 Å². The van der Waals surface area contributed by atoms with Crippen molar-refractivity contribution in [3.63, 3.8) is 0 Å². The number of nitrogens with one attached hydrogen (secondary N) is 1. The van der Waals surface area contributed by atoms with Crippen LogP contribution in [0.3, 0.4) is 0 Å². The third-order valence-corrected chi connectivity index (χ3v) is 10.6. The number of amides is 4. The SMILES string of the molecule is CC(C)(C)[C@H](c1cc(-c2cc(F)ccc2F)cn1Cc1ccccc1)N(CC[C@H](N)C(=O)C[C@H]1CCC[C@H]1C(=O)NCCN1C(=O)C=CC1=O)C(=O)CO.O=C(O)C(F)(F)F. The van der Waals surface area contributed by atoms with Gasteiger partial charge in [-0.25, -0.2) is 13.6 Å². The van der Waals surface area contributed by atoms with Crippen molar-refractivity contribution < 1.29 is 60.9 Å². The fourth-order valence-electron chi connectivity index (χ4n) is 7.65. The molecule has 1 saturated carbocycles. The molecule has 2 heterocycles. The van der Waals surface area contributed by atoms with Gasteiger partial charge in [0.15, 0.2) is 0 Å². The molecular formula is C43H50F5N5O8. The summed E-state index contributed by atoms with van der Waals surface area (Å²) in [6.07, 6.45) is 1.19. The number of aliphatic carboxylic acids is 1. The second-order valence-electron chi connectivity index (χ2n) is 16.0. The van der Waals surface area contributed by atoms with Crippen molar-refractivity contribution in [2.75, 3.05) is 26.2 Å². The first-order valence-corrected chi connectivity index (χ1v) is 19.6. The van der Waals surface area contributed by atoms with Crippen LogP contribution in [0.15, 0.2) is 72.9 Å². The molecular weight excluding hydrogens is 809 g/mol. The van der Waals surface area contributed by atoms with E-state index in [9.17, 15) is 46.6 Å². The second-order valence-corrected chi connectivity index (χ2v) is 16.0. The third-order valence-electron chi connectivity index (χ3n) is 10.6. The molecule has 5 rings (SSSR count). The number of aromatic nitrogens is 1. The summed E-state index contributed by atoms with van der Waals surface area (Å²) in [5.41, 5.74) is 7.87. The predicted octanol–water partition coefficient (Wildman–Crippen LogP) is 5.16. The number of aliphatic hydroxyl groups is 1. The second kappa shape index (κ2) is 20.7. The van der Waals surface area contributed by atoms with Crippen molar-refractivity contribution in [1.29, 1.82) is 0 Å². The molecule has 330 valence electrons. The molecule has 0 radical (unpaired) electrons. The number of nitrogens with two attached hydrogens (primary N) is 1. The number of carbonyl (C=O) groups is 6. The summed E-state index contributed by atoms with van der Waals surface area (Å²) in [5, 5.41) is 20.1.